The van der Waals surface area contributed by atoms with E-state index >= 15 is 0 Å². The van der Waals surface area contributed by atoms with Crippen LogP contribution in [0.2, 0.25) is 0 Å². The number of rotatable bonds is 10. The fourth-order valence-electron chi connectivity index (χ4n) is 4.23. The topological polar surface area (TPSA) is 96.9 Å². The Morgan fingerprint density at radius 1 is 1.06 bits per heavy atom. The van der Waals surface area contributed by atoms with Gasteiger partial charge in [0.2, 0.25) is 0 Å². The van der Waals surface area contributed by atoms with Gasteiger partial charge >= 0.3 is 5.97 Å². The molecule has 4 rings (SSSR count). The van der Waals surface area contributed by atoms with Gasteiger partial charge in [0.25, 0.3) is 5.91 Å². The first-order valence-electron chi connectivity index (χ1n) is 11.7. The first-order chi connectivity index (χ1) is 16.9. The summed E-state index contributed by atoms with van der Waals surface area (Å²) in [4.78, 5) is 22.7. The fraction of sp³-hybridized carbons (Fsp3) is 0.286. The van der Waals surface area contributed by atoms with Crippen LogP contribution in [0.15, 0.2) is 72.8 Å². The standard InChI is InChI=1S/C28H30N2O5/c1-18-24-16-23(34-17-20-6-4-3-5-7-20)12-13-25(24)35-27(18)19(2)30-22-10-8-21(9-11-22)28(33)29-15-14-26(31)32/h3-13,16,18-19,27,30H,14-15,17H2,1-2H3,(H,29,33)(H,31,32). The van der Waals surface area contributed by atoms with Gasteiger partial charge in [0, 0.05) is 29.3 Å². The van der Waals surface area contributed by atoms with Gasteiger partial charge in [0.1, 0.15) is 24.2 Å². The first-order valence-corrected chi connectivity index (χ1v) is 11.7. The molecule has 3 N–H and O–H groups in total. The molecule has 0 bridgehead atoms. The zero-order valence-corrected chi connectivity index (χ0v) is 19.9. The second-order valence-electron chi connectivity index (χ2n) is 8.76. The number of aliphatic carboxylic acids is 1. The Morgan fingerprint density at radius 3 is 2.51 bits per heavy atom. The van der Waals surface area contributed by atoms with E-state index in [4.69, 9.17) is 14.6 Å². The normalized spacial score (nSPS) is 17.1. The van der Waals surface area contributed by atoms with E-state index < -0.39 is 5.97 Å². The molecule has 3 atom stereocenters. The summed E-state index contributed by atoms with van der Waals surface area (Å²) < 4.78 is 12.3. The van der Waals surface area contributed by atoms with Gasteiger partial charge in [-0.25, -0.2) is 0 Å². The van der Waals surface area contributed by atoms with Gasteiger partial charge < -0.3 is 25.2 Å². The molecule has 7 nitrogen and oxygen atoms in total. The second-order valence-corrected chi connectivity index (χ2v) is 8.76. The van der Waals surface area contributed by atoms with E-state index in [-0.39, 0.29) is 36.9 Å². The van der Waals surface area contributed by atoms with Crippen LogP contribution in [0, 0.1) is 0 Å². The molecule has 3 aromatic rings. The molecule has 1 heterocycles. The quantitative estimate of drug-likeness (QED) is 0.389. The summed E-state index contributed by atoms with van der Waals surface area (Å²) in [5, 5.41) is 14.8. The third kappa shape index (κ3) is 6.12. The highest BCUT2D eigenvalue weighted by atomic mass is 16.5. The predicted octanol–water partition coefficient (Wildman–Crippen LogP) is 4.84. The highest BCUT2D eigenvalue weighted by Gasteiger charge is 2.35. The van der Waals surface area contributed by atoms with Crippen molar-refractivity contribution in [1.29, 1.82) is 0 Å². The van der Waals surface area contributed by atoms with E-state index in [1.165, 1.54) is 0 Å². The number of carbonyl (C=O) groups excluding carboxylic acids is 1. The zero-order valence-electron chi connectivity index (χ0n) is 19.9. The van der Waals surface area contributed by atoms with Gasteiger partial charge in [-0.3, -0.25) is 9.59 Å². The fourth-order valence-corrected chi connectivity index (χ4v) is 4.23. The molecule has 1 amide bonds. The van der Waals surface area contributed by atoms with Gasteiger partial charge in [-0.2, -0.15) is 0 Å². The average molecular weight is 475 g/mol. The number of hydrogen-bond acceptors (Lipinski definition) is 5. The Bertz CT molecular complexity index is 1160. The number of ether oxygens (including phenoxy) is 2. The summed E-state index contributed by atoms with van der Waals surface area (Å²) in [6.07, 6.45) is -0.167. The molecule has 182 valence electrons. The van der Waals surface area contributed by atoms with E-state index in [0.717, 1.165) is 28.3 Å². The third-order valence-corrected chi connectivity index (χ3v) is 6.13. The van der Waals surface area contributed by atoms with E-state index in [2.05, 4.69) is 30.5 Å². The van der Waals surface area contributed by atoms with Crippen LogP contribution in [-0.2, 0) is 11.4 Å². The van der Waals surface area contributed by atoms with Crippen LogP contribution in [0.4, 0.5) is 5.69 Å². The molecule has 1 aliphatic rings. The molecular weight excluding hydrogens is 444 g/mol. The Hall–Kier alpha value is -4.00. The minimum absolute atomic E-state index is 0.0151. The number of benzene rings is 3. The smallest absolute Gasteiger partial charge is 0.305 e. The summed E-state index contributed by atoms with van der Waals surface area (Å²) in [6.45, 7) is 4.85. The van der Waals surface area contributed by atoms with Gasteiger partial charge in [0.15, 0.2) is 0 Å². The van der Waals surface area contributed by atoms with Crippen LogP contribution in [0.3, 0.4) is 0 Å². The Labute approximate surface area is 205 Å². The maximum Gasteiger partial charge on any atom is 0.305 e. The summed E-state index contributed by atoms with van der Waals surface area (Å²) in [5.41, 5.74) is 3.60. The lowest BCUT2D eigenvalue weighted by atomic mass is 9.93. The number of carboxylic acid groups (broad SMARTS) is 1. The van der Waals surface area contributed by atoms with Gasteiger partial charge in [-0.05, 0) is 55.0 Å². The summed E-state index contributed by atoms with van der Waals surface area (Å²) in [6, 6.07) is 23.2. The van der Waals surface area contributed by atoms with Crippen LogP contribution in [0.25, 0.3) is 0 Å². The maximum atomic E-state index is 12.1. The van der Waals surface area contributed by atoms with Gasteiger partial charge in [-0.1, -0.05) is 37.3 Å². The van der Waals surface area contributed by atoms with Crippen molar-refractivity contribution < 1.29 is 24.2 Å². The lowest BCUT2D eigenvalue weighted by Crippen LogP contribution is -2.36. The molecule has 3 aromatic carbocycles. The van der Waals surface area contributed by atoms with Crippen molar-refractivity contribution >= 4 is 17.6 Å². The summed E-state index contributed by atoms with van der Waals surface area (Å²) >= 11 is 0. The largest absolute Gasteiger partial charge is 0.489 e. The number of fused-ring (bicyclic) bond motifs is 1. The van der Waals surface area contributed by atoms with E-state index in [0.29, 0.717) is 12.2 Å². The van der Waals surface area contributed by atoms with Gasteiger partial charge in [-0.15, -0.1) is 0 Å². The van der Waals surface area contributed by atoms with Crippen LogP contribution < -0.4 is 20.1 Å². The number of amides is 1. The van der Waals surface area contributed by atoms with Crippen LogP contribution in [0.1, 0.15) is 47.7 Å². The summed E-state index contributed by atoms with van der Waals surface area (Å²) in [7, 11) is 0. The lowest BCUT2D eigenvalue weighted by Gasteiger charge is -2.25. The Morgan fingerprint density at radius 2 is 1.80 bits per heavy atom. The van der Waals surface area contributed by atoms with Crippen LogP contribution >= 0.6 is 0 Å². The molecule has 35 heavy (non-hydrogen) atoms. The third-order valence-electron chi connectivity index (χ3n) is 6.13. The maximum absolute atomic E-state index is 12.1. The van der Waals surface area contributed by atoms with E-state index in [1.54, 1.807) is 12.1 Å². The van der Waals surface area contributed by atoms with Crippen molar-refractivity contribution in [3.63, 3.8) is 0 Å². The number of nitrogens with one attached hydrogen (secondary N) is 2. The minimum atomic E-state index is -0.944. The Balaban J connectivity index is 1.33. The lowest BCUT2D eigenvalue weighted by molar-refractivity contribution is -0.136. The Kier molecular flexibility index (Phi) is 7.55. The SMILES string of the molecule is CC(Nc1ccc(C(=O)NCCC(=O)O)cc1)C1Oc2ccc(OCc3ccccc3)cc2C1C. The molecule has 1 aliphatic heterocycles. The molecule has 0 radical (unpaired) electrons. The van der Waals surface area contributed by atoms with E-state index in [1.807, 2.05) is 54.6 Å². The van der Waals surface area contributed by atoms with Crippen molar-refractivity contribution in [1.82, 2.24) is 5.32 Å². The average Bonchev–Trinajstić information content (AvgIpc) is 3.19. The van der Waals surface area contributed by atoms with Crippen molar-refractivity contribution in [2.24, 2.45) is 0 Å². The highest BCUT2D eigenvalue weighted by Crippen LogP contribution is 2.41. The van der Waals surface area contributed by atoms with Gasteiger partial charge in [0.05, 0.1) is 12.5 Å². The number of carbonyl (C=O) groups is 2. The van der Waals surface area contributed by atoms with E-state index in [9.17, 15) is 9.59 Å². The molecule has 0 aliphatic carbocycles. The van der Waals surface area contributed by atoms with Crippen molar-refractivity contribution in [2.45, 2.75) is 44.9 Å². The predicted molar refractivity (Wildman–Crippen MR) is 134 cm³/mol. The molecule has 7 heteroatoms. The minimum Gasteiger partial charge on any atom is -0.489 e. The molecule has 0 fully saturated rings. The first kappa shape index (κ1) is 24.1. The summed E-state index contributed by atoms with van der Waals surface area (Å²) in [5.74, 6) is 0.629. The molecule has 0 saturated carbocycles. The monoisotopic (exact) mass is 474 g/mol. The van der Waals surface area contributed by atoms with Crippen molar-refractivity contribution in [3.8, 4) is 11.5 Å². The number of carboxylic acids is 1. The van der Waals surface area contributed by atoms with Crippen LogP contribution in [-0.4, -0.2) is 35.7 Å². The highest BCUT2D eigenvalue weighted by molar-refractivity contribution is 5.94. The number of hydrogen-bond donors (Lipinski definition) is 3. The molecular formula is C28H30N2O5. The number of anilines is 1. The van der Waals surface area contributed by atoms with Crippen molar-refractivity contribution in [3.05, 3.63) is 89.5 Å². The molecule has 0 spiro atoms. The molecule has 0 aromatic heterocycles. The zero-order chi connectivity index (χ0) is 24.8. The second kappa shape index (κ2) is 11.0. The van der Waals surface area contributed by atoms with Crippen molar-refractivity contribution in [2.75, 3.05) is 11.9 Å². The molecule has 0 saturated heterocycles. The van der Waals surface area contributed by atoms with Crippen LogP contribution in [0.5, 0.6) is 11.5 Å². The molecule has 3 unspecified atom stereocenters.